The van der Waals surface area contributed by atoms with Gasteiger partial charge in [-0.15, -0.1) is 0 Å². The summed E-state index contributed by atoms with van der Waals surface area (Å²) in [6, 6.07) is 13.7. The number of H-pyrrole nitrogens is 1. The number of carbonyl (C=O) groups excluding carboxylic acids is 2. The zero-order chi connectivity index (χ0) is 19.9. The Balaban J connectivity index is 1.67. The first-order chi connectivity index (χ1) is 13.6. The molecule has 7 nitrogen and oxygen atoms in total. The second-order valence-corrected chi connectivity index (χ2v) is 6.87. The fourth-order valence-electron chi connectivity index (χ4n) is 2.50. The predicted octanol–water partition coefficient (Wildman–Crippen LogP) is 3.22. The molecule has 0 atom stereocenters. The van der Waals surface area contributed by atoms with Crippen molar-refractivity contribution in [1.82, 2.24) is 9.97 Å². The number of ether oxygens (including phenoxy) is 1. The Morgan fingerprint density at radius 3 is 2.71 bits per heavy atom. The van der Waals surface area contributed by atoms with Crippen molar-refractivity contribution >= 4 is 40.2 Å². The second-order valence-electron chi connectivity index (χ2n) is 5.91. The number of para-hydroxylation sites is 2. The predicted molar refractivity (Wildman–Crippen MR) is 109 cm³/mol. The molecule has 8 heteroatoms. The Morgan fingerprint density at radius 1 is 1.14 bits per heavy atom. The van der Waals surface area contributed by atoms with Crippen LogP contribution in [0, 0.1) is 0 Å². The number of esters is 1. The number of rotatable bonds is 7. The van der Waals surface area contributed by atoms with Crippen LogP contribution in [0.1, 0.15) is 23.7 Å². The van der Waals surface area contributed by atoms with Crippen LogP contribution < -0.4 is 10.9 Å². The van der Waals surface area contributed by atoms with E-state index in [1.807, 2.05) is 6.92 Å². The normalized spacial score (nSPS) is 10.6. The zero-order valence-electron chi connectivity index (χ0n) is 15.2. The minimum atomic E-state index is -0.481. The Morgan fingerprint density at radius 2 is 1.89 bits per heavy atom. The molecule has 0 spiro atoms. The van der Waals surface area contributed by atoms with Gasteiger partial charge in [-0.3, -0.25) is 9.59 Å². The standard InChI is InChI=1S/C20H19N3O4S/c1-2-11-27-19(26)14-8-4-6-10-16(14)21-17(24)12-28-20-22-15-9-5-3-7-13(15)18(25)23-20/h3-10H,2,11-12H2,1H3,(H,21,24)(H,22,23,25). The number of nitrogens with zero attached hydrogens (tertiary/aromatic N) is 1. The quantitative estimate of drug-likeness (QED) is 0.361. The van der Waals surface area contributed by atoms with Gasteiger partial charge in [-0.25, -0.2) is 9.78 Å². The van der Waals surface area contributed by atoms with Gasteiger partial charge in [0.25, 0.3) is 5.56 Å². The van der Waals surface area contributed by atoms with Gasteiger partial charge in [0.15, 0.2) is 5.16 Å². The molecular weight excluding hydrogens is 378 g/mol. The van der Waals surface area contributed by atoms with Crippen molar-refractivity contribution < 1.29 is 14.3 Å². The first kappa shape index (κ1) is 19.6. The molecule has 3 rings (SSSR count). The molecule has 2 aromatic carbocycles. The maximum atomic E-state index is 12.3. The number of amides is 1. The monoisotopic (exact) mass is 397 g/mol. The van der Waals surface area contributed by atoms with E-state index in [0.29, 0.717) is 40.3 Å². The summed E-state index contributed by atoms with van der Waals surface area (Å²) < 4.78 is 5.14. The summed E-state index contributed by atoms with van der Waals surface area (Å²) in [5.74, 6) is -0.776. The summed E-state index contributed by atoms with van der Waals surface area (Å²) in [6.07, 6.45) is 0.716. The van der Waals surface area contributed by atoms with Crippen LogP contribution in [-0.4, -0.2) is 34.2 Å². The molecule has 0 saturated carbocycles. The number of benzene rings is 2. The largest absolute Gasteiger partial charge is 0.462 e. The summed E-state index contributed by atoms with van der Waals surface area (Å²) in [6.45, 7) is 2.22. The number of carbonyl (C=O) groups is 2. The molecule has 0 bridgehead atoms. The summed E-state index contributed by atoms with van der Waals surface area (Å²) in [7, 11) is 0. The maximum Gasteiger partial charge on any atom is 0.340 e. The highest BCUT2D eigenvalue weighted by Gasteiger charge is 2.15. The average Bonchev–Trinajstić information content (AvgIpc) is 2.71. The van der Waals surface area contributed by atoms with Gasteiger partial charge in [0.05, 0.1) is 34.5 Å². The Hall–Kier alpha value is -3.13. The molecule has 1 heterocycles. The number of aromatic amines is 1. The van der Waals surface area contributed by atoms with Crippen LogP contribution in [0.3, 0.4) is 0 Å². The average molecular weight is 397 g/mol. The van der Waals surface area contributed by atoms with Gasteiger partial charge in [-0.05, 0) is 30.7 Å². The molecule has 0 fully saturated rings. The Labute approximate surface area is 165 Å². The van der Waals surface area contributed by atoms with Crippen LogP contribution in [0.5, 0.6) is 0 Å². The van der Waals surface area contributed by atoms with E-state index in [-0.39, 0.29) is 17.2 Å². The number of hydrogen-bond acceptors (Lipinski definition) is 6. The SMILES string of the molecule is CCCOC(=O)c1ccccc1NC(=O)CSc1nc2ccccc2c(=O)[nH]1. The molecule has 1 amide bonds. The lowest BCUT2D eigenvalue weighted by atomic mass is 10.2. The third kappa shape index (κ3) is 4.77. The molecule has 1 aromatic heterocycles. The molecule has 0 aliphatic carbocycles. The molecule has 0 aliphatic rings. The molecule has 2 N–H and O–H groups in total. The van der Waals surface area contributed by atoms with Crippen LogP contribution >= 0.6 is 11.8 Å². The maximum absolute atomic E-state index is 12.3. The summed E-state index contributed by atoms with van der Waals surface area (Å²) in [5.41, 5.74) is 0.997. The molecular formula is C20H19N3O4S. The van der Waals surface area contributed by atoms with Gasteiger partial charge in [0.1, 0.15) is 0 Å². The van der Waals surface area contributed by atoms with Crippen molar-refractivity contribution in [2.75, 3.05) is 17.7 Å². The van der Waals surface area contributed by atoms with E-state index in [2.05, 4.69) is 15.3 Å². The van der Waals surface area contributed by atoms with Crippen LogP contribution in [-0.2, 0) is 9.53 Å². The van der Waals surface area contributed by atoms with Crippen molar-refractivity contribution in [3.8, 4) is 0 Å². The minimum Gasteiger partial charge on any atom is -0.462 e. The highest BCUT2D eigenvalue weighted by molar-refractivity contribution is 7.99. The fourth-order valence-corrected chi connectivity index (χ4v) is 3.16. The highest BCUT2D eigenvalue weighted by atomic mass is 32.2. The van der Waals surface area contributed by atoms with Crippen LogP contribution in [0.15, 0.2) is 58.5 Å². The topological polar surface area (TPSA) is 101 Å². The summed E-state index contributed by atoms with van der Waals surface area (Å²) in [4.78, 5) is 43.5. The van der Waals surface area contributed by atoms with Crippen molar-refractivity contribution in [2.45, 2.75) is 18.5 Å². The molecule has 3 aromatic rings. The molecule has 0 aliphatic heterocycles. The van der Waals surface area contributed by atoms with E-state index in [9.17, 15) is 14.4 Å². The Kier molecular flexibility index (Phi) is 6.44. The van der Waals surface area contributed by atoms with Gasteiger partial charge < -0.3 is 15.0 Å². The van der Waals surface area contributed by atoms with E-state index in [1.165, 1.54) is 0 Å². The minimum absolute atomic E-state index is 0.0274. The van der Waals surface area contributed by atoms with Gasteiger partial charge in [0.2, 0.25) is 5.91 Å². The smallest absolute Gasteiger partial charge is 0.340 e. The van der Waals surface area contributed by atoms with Crippen LogP contribution in [0.25, 0.3) is 10.9 Å². The molecule has 28 heavy (non-hydrogen) atoms. The lowest BCUT2D eigenvalue weighted by Crippen LogP contribution is -2.18. The third-order valence-corrected chi connectivity index (χ3v) is 4.66. The molecule has 0 saturated heterocycles. The molecule has 0 unspecified atom stereocenters. The fraction of sp³-hybridized carbons (Fsp3) is 0.200. The Bertz CT molecular complexity index is 1060. The number of anilines is 1. The first-order valence-electron chi connectivity index (χ1n) is 8.76. The van der Waals surface area contributed by atoms with Crippen molar-refractivity contribution in [3.63, 3.8) is 0 Å². The van der Waals surface area contributed by atoms with Crippen LogP contribution in [0.4, 0.5) is 5.69 Å². The van der Waals surface area contributed by atoms with Gasteiger partial charge in [-0.1, -0.05) is 43.0 Å². The number of hydrogen-bond donors (Lipinski definition) is 2. The molecule has 0 radical (unpaired) electrons. The van der Waals surface area contributed by atoms with E-state index >= 15 is 0 Å². The summed E-state index contributed by atoms with van der Waals surface area (Å²) >= 11 is 1.11. The number of aromatic nitrogens is 2. The summed E-state index contributed by atoms with van der Waals surface area (Å²) in [5, 5.41) is 3.56. The lowest BCUT2D eigenvalue weighted by Gasteiger charge is -2.10. The first-order valence-corrected chi connectivity index (χ1v) is 9.75. The molecule has 144 valence electrons. The van der Waals surface area contributed by atoms with Gasteiger partial charge in [0, 0.05) is 0 Å². The second kappa shape index (κ2) is 9.18. The van der Waals surface area contributed by atoms with E-state index < -0.39 is 5.97 Å². The van der Waals surface area contributed by atoms with Crippen molar-refractivity contribution in [2.24, 2.45) is 0 Å². The lowest BCUT2D eigenvalue weighted by molar-refractivity contribution is -0.113. The third-order valence-electron chi connectivity index (χ3n) is 3.79. The highest BCUT2D eigenvalue weighted by Crippen LogP contribution is 2.19. The van der Waals surface area contributed by atoms with Crippen LogP contribution in [0.2, 0.25) is 0 Å². The van der Waals surface area contributed by atoms with Crippen molar-refractivity contribution in [1.29, 1.82) is 0 Å². The van der Waals surface area contributed by atoms with E-state index in [0.717, 1.165) is 11.8 Å². The van der Waals surface area contributed by atoms with Gasteiger partial charge in [-0.2, -0.15) is 0 Å². The number of nitrogens with one attached hydrogen (secondary N) is 2. The number of fused-ring (bicyclic) bond motifs is 1. The van der Waals surface area contributed by atoms with Gasteiger partial charge >= 0.3 is 5.97 Å². The van der Waals surface area contributed by atoms with Crippen molar-refractivity contribution in [3.05, 3.63) is 64.4 Å². The number of thioether (sulfide) groups is 1. The van der Waals surface area contributed by atoms with E-state index in [1.54, 1.807) is 48.5 Å². The van der Waals surface area contributed by atoms with E-state index in [4.69, 9.17) is 4.74 Å². The zero-order valence-corrected chi connectivity index (χ0v) is 16.0.